The minimum atomic E-state index is -1.63. The molecular weight excluding hydrogens is 1090 g/mol. The number of hydrogen-bond donors (Lipinski definition) is 6. The zero-order valence-corrected chi connectivity index (χ0v) is 55.3. The quantitative estimate of drug-likeness (QED) is 0.0195. The van der Waals surface area contributed by atoms with Crippen LogP contribution in [0.5, 0.6) is 0 Å². The number of hydrogen-bond acceptors (Lipinski definition) is 10. The van der Waals surface area contributed by atoms with Crippen molar-refractivity contribution in [1.82, 2.24) is 5.32 Å². The molecule has 8 unspecified atom stereocenters. The number of ether oxygens (including phenoxy) is 3. The van der Waals surface area contributed by atoms with Crippen LogP contribution in [0.2, 0.25) is 0 Å². The Morgan fingerprint density at radius 3 is 1.26 bits per heavy atom. The third kappa shape index (κ3) is 49.5. The maximum absolute atomic E-state index is 13.5. The minimum absolute atomic E-state index is 0.107. The van der Waals surface area contributed by atoms with E-state index in [4.69, 9.17) is 14.2 Å². The first-order valence-electron chi connectivity index (χ1n) is 35.3. The highest BCUT2D eigenvalue weighted by molar-refractivity contribution is 5.80. The lowest BCUT2D eigenvalue weighted by Gasteiger charge is -2.41. The van der Waals surface area contributed by atoms with Crippen molar-refractivity contribution in [2.45, 2.75) is 333 Å². The highest BCUT2D eigenvalue weighted by Gasteiger charge is 2.47. The van der Waals surface area contributed by atoms with Crippen LogP contribution >= 0.6 is 0 Å². The second-order valence-electron chi connectivity index (χ2n) is 23.9. The van der Waals surface area contributed by atoms with Gasteiger partial charge in [0.2, 0.25) is 5.91 Å². The molecule has 11 nitrogen and oxygen atoms in total. The maximum Gasteiger partial charge on any atom is 0.306 e. The number of rotatable bonds is 59. The monoisotopic (exact) mass is 1220 g/mol. The van der Waals surface area contributed by atoms with Crippen LogP contribution < -0.4 is 5.32 Å². The van der Waals surface area contributed by atoms with Crippen molar-refractivity contribution < 1.29 is 49.3 Å². The van der Waals surface area contributed by atoms with Crippen LogP contribution in [0.25, 0.3) is 0 Å². The van der Waals surface area contributed by atoms with E-state index >= 15 is 0 Å². The van der Waals surface area contributed by atoms with E-state index in [0.29, 0.717) is 12.8 Å². The summed E-state index contributed by atoms with van der Waals surface area (Å²) in [4.78, 5) is 26.7. The standard InChI is InChI=1S/C76H129NO10/c1-4-7-10-13-16-19-22-25-27-29-31-33-34-35-36-37-39-41-43-46-49-52-55-58-61-64-71(81)87-74-73(83)72(82)70(65-78)86-76(74)85-66-67(68(79)62-59-56-53-50-47-44-24-21-18-15-12-9-6-3)77-75(84)69(80)63-60-57-54-51-48-45-42-40-38-32-30-28-26-23-20-17-14-11-8-5-2/h7,10,16-17,19-20,25-28,31-33,35-36,38,42,45,59,62,67-70,72-74,76,78-80,82-83H,4-6,8-9,11-15,18,21-24,29-30,34,37,39-41,43-44,46-58,60-61,63-66H2,1-3H3,(H,77,84)/b10-7-,19-16-,20-17-,27-25-,28-26-,33-31-,36-35-,38-32-,45-42-,62-59+. The van der Waals surface area contributed by atoms with E-state index in [1.54, 1.807) is 6.08 Å². The van der Waals surface area contributed by atoms with Crippen molar-refractivity contribution in [3.05, 3.63) is 122 Å². The molecule has 0 aliphatic carbocycles. The lowest BCUT2D eigenvalue weighted by Crippen LogP contribution is -2.61. The number of unbranched alkanes of at least 4 members (excludes halogenated alkanes) is 27. The number of esters is 1. The fourth-order valence-corrected chi connectivity index (χ4v) is 10.3. The molecule has 11 heteroatoms. The largest absolute Gasteiger partial charge is 0.454 e. The van der Waals surface area contributed by atoms with Crippen LogP contribution in [0.4, 0.5) is 0 Å². The predicted octanol–water partition coefficient (Wildman–Crippen LogP) is 18.2. The summed E-state index contributed by atoms with van der Waals surface area (Å²) in [5, 5.41) is 57.2. The van der Waals surface area contributed by atoms with Gasteiger partial charge in [0.1, 0.15) is 24.4 Å². The Morgan fingerprint density at radius 2 is 0.828 bits per heavy atom. The van der Waals surface area contributed by atoms with Crippen molar-refractivity contribution in [2.24, 2.45) is 0 Å². The van der Waals surface area contributed by atoms with Crippen LogP contribution in [-0.4, -0.2) is 99.6 Å². The van der Waals surface area contributed by atoms with Crippen LogP contribution in [-0.2, 0) is 23.8 Å². The maximum atomic E-state index is 13.5. The molecule has 6 N–H and O–H groups in total. The molecule has 1 amide bonds. The molecule has 1 rings (SSSR count). The molecule has 1 heterocycles. The Kier molecular flexibility index (Phi) is 58.0. The van der Waals surface area contributed by atoms with Gasteiger partial charge in [-0.15, -0.1) is 0 Å². The van der Waals surface area contributed by atoms with Gasteiger partial charge in [-0.25, -0.2) is 0 Å². The molecular formula is C76H129NO10. The lowest BCUT2D eigenvalue weighted by atomic mass is 9.99. The summed E-state index contributed by atoms with van der Waals surface area (Å²) in [7, 11) is 0. The van der Waals surface area contributed by atoms with Crippen molar-refractivity contribution >= 4 is 11.9 Å². The number of aliphatic hydroxyl groups excluding tert-OH is 5. The van der Waals surface area contributed by atoms with E-state index in [-0.39, 0.29) is 19.4 Å². The smallest absolute Gasteiger partial charge is 0.306 e. The molecule has 1 fully saturated rings. The minimum Gasteiger partial charge on any atom is -0.454 e. The summed E-state index contributed by atoms with van der Waals surface area (Å²) in [6, 6.07) is -1.04. The third-order valence-electron chi connectivity index (χ3n) is 15.8. The first-order valence-corrected chi connectivity index (χ1v) is 35.3. The number of carbonyl (C=O) groups is 2. The Bertz CT molecular complexity index is 1880. The van der Waals surface area contributed by atoms with Crippen molar-refractivity contribution in [3.63, 3.8) is 0 Å². The highest BCUT2D eigenvalue weighted by Crippen LogP contribution is 2.26. The number of aliphatic hydroxyl groups is 5. The first-order chi connectivity index (χ1) is 42.7. The summed E-state index contributed by atoms with van der Waals surface area (Å²) < 4.78 is 17.7. The number of nitrogens with one attached hydrogen (secondary N) is 1. The van der Waals surface area contributed by atoms with E-state index in [9.17, 15) is 35.1 Å². The first kappa shape index (κ1) is 81.1. The average molecular weight is 1220 g/mol. The van der Waals surface area contributed by atoms with Gasteiger partial charge < -0.3 is 45.1 Å². The van der Waals surface area contributed by atoms with E-state index in [1.165, 1.54) is 109 Å². The fraction of sp³-hybridized carbons (Fsp3) is 0.711. The van der Waals surface area contributed by atoms with Crippen LogP contribution in [0, 0.1) is 0 Å². The molecule has 498 valence electrons. The fourth-order valence-electron chi connectivity index (χ4n) is 10.3. The van der Waals surface area contributed by atoms with Crippen molar-refractivity contribution in [2.75, 3.05) is 13.2 Å². The van der Waals surface area contributed by atoms with Gasteiger partial charge in [0.15, 0.2) is 12.4 Å². The van der Waals surface area contributed by atoms with Gasteiger partial charge in [0, 0.05) is 6.42 Å². The Labute approximate surface area is 531 Å². The van der Waals surface area contributed by atoms with E-state index in [1.807, 2.05) is 6.08 Å². The second kappa shape index (κ2) is 62.3. The number of amides is 1. The second-order valence-corrected chi connectivity index (χ2v) is 23.9. The molecule has 0 saturated carbocycles. The normalized spacial score (nSPS) is 19.0. The Balaban J connectivity index is 2.63. The van der Waals surface area contributed by atoms with Crippen LogP contribution in [0.15, 0.2) is 122 Å². The molecule has 0 aromatic rings. The summed E-state index contributed by atoms with van der Waals surface area (Å²) >= 11 is 0. The zero-order valence-electron chi connectivity index (χ0n) is 55.3. The molecule has 1 saturated heterocycles. The van der Waals surface area contributed by atoms with Gasteiger partial charge in [0.05, 0.1) is 25.4 Å². The lowest BCUT2D eigenvalue weighted by molar-refractivity contribution is -0.305. The van der Waals surface area contributed by atoms with Crippen molar-refractivity contribution in [3.8, 4) is 0 Å². The van der Waals surface area contributed by atoms with Crippen LogP contribution in [0.3, 0.4) is 0 Å². The van der Waals surface area contributed by atoms with Gasteiger partial charge in [-0.2, -0.15) is 0 Å². The SMILES string of the molecule is CC/C=C\C/C=C\C/C=C\C/C=C\C/C=C\CCCCCCCCCCCC(=O)OC1C(OCC(NC(=O)C(O)CCCCCC/C=C\C/C=C\C/C=C\C/C=C\CCCCC)C(O)/C=C/CCCCCCCCCCCCC)OC(CO)C(O)C1O. The van der Waals surface area contributed by atoms with E-state index < -0.39 is 67.4 Å². The van der Waals surface area contributed by atoms with Crippen LogP contribution in [0.1, 0.15) is 284 Å². The van der Waals surface area contributed by atoms with Gasteiger partial charge in [-0.05, 0) is 116 Å². The molecule has 0 aromatic carbocycles. The van der Waals surface area contributed by atoms with E-state index in [0.717, 1.165) is 128 Å². The predicted molar refractivity (Wildman–Crippen MR) is 365 cm³/mol. The number of allylic oxidation sites excluding steroid dienone is 19. The molecule has 0 radical (unpaired) electrons. The average Bonchev–Trinajstić information content (AvgIpc) is 2.32. The number of carbonyl (C=O) groups excluding carboxylic acids is 2. The van der Waals surface area contributed by atoms with Crippen molar-refractivity contribution in [1.29, 1.82) is 0 Å². The van der Waals surface area contributed by atoms with Gasteiger partial charge in [-0.1, -0.05) is 284 Å². The third-order valence-corrected chi connectivity index (χ3v) is 15.8. The van der Waals surface area contributed by atoms with Gasteiger partial charge in [-0.3, -0.25) is 9.59 Å². The van der Waals surface area contributed by atoms with E-state index in [2.05, 4.69) is 135 Å². The Hall–Kier alpha value is -3.94. The molecule has 0 bridgehead atoms. The molecule has 1 aliphatic heterocycles. The topological polar surface area (TPSA) is 175 Å². The summed E-state index contributed by atoms with van der Waals surface area (Å²) in [5.74, 6) is -1.22. The summed E-state index contributed by atoms with van der Waals surface area (Å²) in [6.45, 7) is 5.65. The molecule has 8 atom stereocenters. The molecule has 0 aromatic heterocycles. The van der Waals surface area contributed by atoms with Gasteiger partial charge >= 0.3 is 5.97 Å². The summed E-state index contributed by atoms with van der Waals surface area (Å²) in [5.41, 5.74) is 0. The molecule has 87 heavy (non-hydrogen) atoms. The molecule has 0 spiro atoms. The highest BCUT2D eigenvalue weighted by atomic mass is 16.7. The molecule has 1 aliphatic rings. The Morgan fingerprint density at radius 1 is 0.460 bits per heavy atom. The zero-order chi connectivity index (χ0) is 63.1. The summed E-state index contributed by atoms with van der Waals surface area (Å²) in [6.07, 6.45) is 76.5. The van der Waals surface area contributed by atoms with Gasteiger partial charge in [0.25, 0.3) is 0 Å².